The van der Waals surface area contributed by atoms with Gasteiger partial charge in [-0.1, -0.05) is 32.3 Å². The second-order valence-electron chi connectivity index (χ2n) is 12.1. The number of anilines is 1. The maximum absolute atomic E-state index is 14.9. The first kappa shape index (κ1) is 27.5. The van der Waals surface area contributed by atoms with Gasteiger partial charge in [-0.25, -0.2) is 28.5 Å². The van der Waals surface area contributed by atoms with Gasteiger partial charge in [-0.2, -0.15) is 0 Å². The summed E-state index contributed by atoms with van der Waals surface area (Å²) in [4.78, 5) is 33.2. The summed E-state index contributed by atoms with van der Waals surface area (Å²) in [6.07, 6.45) is 6.15. The fourth-order valence-corrected chi connectivity index (χ4v) is 5.94. The molecule has 0 bridgehead atoms. The summed E-state index contributed by atoms with van der Waals surface area (Å²) in [6.45, 7) is 8.29. The van der Waals surface area contributed by atoms with E-state index < -0.39 is 17.6 Å². The molecule has 3 atom stereocenters. The maximum Gasteiger partial charge on any atom is 0.439 e. The fraction of sp³-hybridized carbons (Fsp3) is 0.586. The largest absolute Gasteiger partial charge is 0.439 e. The number of aromatic nitrogens is 7. The number of hydrogen-bond acceptors (Lipinski definition) is 8. The molecule has 0 amide bonds. The summed E-state index contributed by atoms with van der Waals surface area (Å²) in [6, 6.07) is 4.07. The van der Waals surface area contributed by atoms with E-state index in [2.05, 4.69) is 46.2 Å². The van der Waals surface area contributed by atoms with Crippen LogP contribution in [0, 0.1) is 17.8 Å². The van der Waals surface area contributed by atoms with Crippen molar-refractivity contribution in [1.82, 2.24) is 34.6 Å². The molecule has 218 valence electrons. The quantitative estimate of drug-likeness (QED) is 0.265. The molecule has 0 saturated heterocycles. The van der Waals surface area contributed by atoms with Gasteiger partial charge in [0.25, 0.3) is 5.92 Å². The lowest BCUT2D eigenvalue weighted by Gasteiger charge is -2.34. The highest BCUT2D eigenvalue weighted by Crippen LogP contribution is 2.43. The van der Waals surface area contributed by atoms with Crippen LogP contribution in [0.1, 0.15) is 77.7 Å². The number of aromatic amines is 1. The van der Waals surface area contributed by atoms with Crippen LogP contribution >= 0.6 is 0 Å². The zero-order chi connectivity index (χ0) is 28.9. The Balaban J connectivity index is 1.53. The molecule has 2 aliphatic carbocycles. The second-order valence-corrected chi connectivity index (χ2v) is 12.1. The lowest BCUT2D eigenvalue weighted by Crippen LogP contribution is -2.35. The van der Waals surface area contributed by atoms with E-state index in [9.17, 15) is 13.6 Å². The summed E-state index contributed by atoms with van der Waals surface area (Å²) in [5, 5.41) is 7.35. The van der Waals surface area contributed by atoms with E-state index in [1.165, 1.54) is 6.42 Å². The fourth-order valence-electron chi connectivity index (χ4n) is 5.94. The second kappa shape index (κ2) is 10.6. The molecular formula is C29H36F2N8O2. The zero-order valence-corrected chi connectivity index (χ0v) is 23.8. The highest BCUT2D eigenvalue weighted by molar-refractivity contribution is 5.88. The van der Waals surface area contributed by atoms with Crippen LogP contribution in [0.3, 0.4) is 0 Å². The Morgan fingerprint density at radius 2 is 1.98 bits per heavy atom. The Bertz CT molecular complexity index is 1610. The van der Waals surface area contributed by atoms with E-state index in [-0.39, 0.29) is 35.9 Å². The number of alkyl halides is 2. The Morgan fingerprint density at radius 3 is 2.63 bits per heavy atom. The van der Waals surface area contributed by atoms with Crippen molar-refractivity contribution in [2.24, 2.45) is 17.8 Å². The molecule has 0 spiro atoms. The third-order valence-corrected chi connectivity index (χ3v) is 8.89. The van der Waals surface area contributed by atoms with Crippen LogP contribution in [0.4, 0.5) is 14.6 Å². The monoisotopic (exact) mass is 566 g/mol. The van der Waals surface area contributed by atoms with Gasteiger partial charge in [0.15, 0.2) is 17.3 Å². The SMILES string of the molecule is CC(C)c1ccnc(-c2nc3nc(-c4noc(=O)[nH]4)nc(NC(C)C4CCC4)c3n2CC2CCC(C)C(F)(F)C2)c1. The van der Waals surface area contributed by atoms with Crippen LogP contribution in [0.25, 0.3) is 34.3 Å². The van der Waals surface area contributed by atoms with Crippen LogP contribution in [0.5, 0.6) is 0 Å². The van der Waals surface area contributed by atoms with Crippen LogP contribution in [0.15, 0.2) is 27.6 Å². The zero-order valence-electron chi connectivity index (χ0n) is 23.8. The smallest absolute Gasteiger partial charge is 0.365 e. The van der Waals surface area contributed by atoms with Crippen molar-refractivity contribution in [2.45, 2.75) is 90.6 Å². The minimum atomic E-state index is -2.72. The number of pyridine rings is 1. The predicted molar refractivity (Wildman–Crippen MR) is 151 cm³/mol. The number of nitrogens with one attached hydrogen (secondary N) is 2. The summed E-state index contributed by atoms with van der Waals surface area (Å²) in [5.74, 6) is -2.26. The Morgan fingerprint density at radius 1 is 1.17 bits per heavy atom. The van der Waals surface area contributed by atoms with Crippen LogP contribution in [-0.4, -0.2) is 46.6 Å². The molecule has 2 N–H and O–H groups in total. The minimum Gasteiger partial charge on any atom is -0.365 e. The van der Waals surface area contributed by atoms with Crippen molar-refractivity contribution in [3.05, 3.63) is 34.4 Å². The van der Waals surface area contributed by atoms with Gasteiger partial charge >= 0.3 is 5.76 Å². The van der Waals surface area contributed by atoms with E-state index in [1.807, 2.05) is 16.7 Å². The van der Waals surface area contributed by atoms with Crippen LogP contribution < -0.4 is 11.1 Å². The molecule has 2 aliphatic rings. The molecule has 4 aromatic rings. The van der Waals surface area contributed by atoms with Gasteiger partial charge in [-0.05, 0) is 68.1 Å². The summed E-state index contributed by atoms with van der Waals surface area (Å²) in [7, 11) is 0. The molecular weight excluding hydrogens is 530 g/mol. The molecule has 0 aromatic carbocycles. The molecule has 0 aliphatic heterocycles. The Labute approximate surface area is 236 Å². The van der Waals surface area contributed by atoms with Gasteiger partial charge in [-0.15, -0.1) is 0 Å². The molecule has 10 nitrogen and oxygen atoms in total. The Hall–Kier alpha value is -3.70. The van der Waals surface area contributed by atoms with Crippen LogP contribution in [0.2, 0.25) is 0 Å². The number of halogens is 2. The molecule has 41 heavy (non-hydrogen) atoms. The van der Waals surface area contributed by atoms with Gasteiger partial charge in [-0.3, -0.25) is 14.5 Å². The van der Waals surface area contributed by atoms with Crippen LogP contribution in [-0.2, 0) is 6.54 Å². The number of H-pyrrole nitrogens is 1. The highest BCUT2D eigenvalue weighted by Gasteiger charge is 2.43. The van der Waals surface area contributed by atoms with Crippen molar-refractivity contribution < 1.29 is 13.3 Å². The Kier molecular flexibility index (Phi) is 7.11. The molecule has 0 radical (unpaired) electrons. The lowest BCUT2D eigenvalue weighted by molar-refractivity contribution is -0.0970. The highest BCUT2D eigenvalue weighted by atomic mass is 19.3. The number of rotatable bonds is 8. The average Bonchev–Trinajstić information content (AvgIpc) is 3.49. The molecule has 2 saturated carbocycles. The first-order valence-electron chi connectivity index (χ1n) is 14.5. The predicted octanol–water partition coefficient (Wildman–Crippen LogP) is 6.03. The van der Waals surface area contributed by atoms with Gasteiger partial charge in [0, 0.05) is 31.1 Å². The minimum absolute atomic E-state index is 0.0909. The molecule has 4 heterocycles. The van der Waals surface area contributed by atoms with E-state index in [1.54, 1.807) is 13.1 Å². The first-order chi connectivity index (χ1) is 19.6. The third kappa shape index (κ3) is 5.36. The van der Waals surface area contributed by atoms with Crippen molar-refractivity contribution in [1.29, 1.82) is 0 Å². The standard InChI is InChI=1S/C29H36F2N8O2/c1-15(2)20-10-11-32-21(12-20)27-36-24-22(39(27)14-18-9-8-16(3)29(30,31)13-18)23(33-17(4)19-6-5-7-19)34-25(35-24)26-37-28(40)41-38-26/h10-12,15-19H,5-9,13-14H2,1-4H3,(H,33,34,35)(H,37,38,40). The van der Waals surface area contributed by atoms with Gasteiger partial charge in [0.2, 0.25) is 11.6 Å². The third-order valence-electron chi connectivity index (χ3n) is 8.89. The van der Waals surface area contributed by atoms with Crippen molar-refractivity contribution in [3.63, 3.8) is 0 Å². The van der Waals surface area contributed by atoms with Crippen molar-refractivity contribution in [3.8, 4) is 23.2 Å². The first-order valence-corrected chi connectivity index (χ1v) is 14.5. The lowest BCUT2D eigenvalue weighted by atomic mass is 9.80. The molecule has 6 rings (SSSR count). The topological polar surface area (TPSA) is 127 Å². The number of fused-ring (bicyclic) bond motifs is 1. The van der Waals surface area contributed by atoms with E-state index in [0.29, 0.717) is 53.8 Å². The number of hydrogen-bond donors (Lipinski definition) is 2. The van der Waals surface area contributed by atoms with E-state index in [0.717, 1.165) is 18.4 Å². The number of imidazole rings is 1. The number of nitrogens with zero attached hydrogens (tertiary/aromatic N) is 6. The molecule has 4 aromatic heterocycles. The summed E-state index contributed by atoms with van der Waals surface area (Å²) < 4.78 is 36.4. The average molecular weight is 567 g/mol. The maximum atomic E-state index is 14.9. The molecule has 12 heteroatoms. The van der Waals surface area contributed by atoms with E-state index >= 15 is 0 Å². The van der Waals surface area contributed by atoms with E-state index in [4.69, 9.17) is 14.5 Å². The van der Waals surface area contributed by atoms with Gasteiger partial charge < -0.3 is 9.88 Å². The normalized spacial score (nSPS) is 21.7. The molecule has 2 fully saturated rings. The van der Waals surface area contributed by atoms with Crippen molar-refractivity contribution in [2.75, 3.05) is 5.32 Å². The summed E-state index contributed by atoms with van der Waals surface area (Å²) in [5.41, 5.74) is 2.72. The van der Waals surface area contributed by atoms with Gasteiger partial charge in [0.05, 0.1) is 0 Å². The molecule has 3 unspecified atom stereocenters. The van der Waals surface area contributed by atoms with Gasteiger partial charge in [0.1, 0.15) is 11.2 Å². The van der Waals surface area contributed by atoms with Crippen molar-refractivity contribution >= 4 is 17.0 Å². The summed E-state index contributed by atoms with van der Waals surface area (Å²) >= 11 is 0.